The first-order valence-electron chi connectivity index (χ1n) is 5.18. The molecule has 0 radical (unpaired) electrons. The van der Waals surface area contributed by atoms with Crippen molar-refractivity contribution in [1.82, 2.24) is 0 Å². The van der Waals surface area contributed by atoms with Crippen molar-refractivity contribution in [3.8, 4) is 11.5 Å². The molecule has 0 atom stereocenters. The van der Waals surface area contributed by atoms with Crippen LogP contribution in [-0.2, 0) is 5.88 Å². The van der Waals surface area contributed by atoms with Gasteiger partial charge in [-0.1, -0.05) is 11.6 Å². The van der Waals surface area contributed by atoms with Crippen LogP contribution in [0.1, 0.15) is 5.56 Å². The van der Waals surface area contributed by atoms with Crippen LogP contribution in [0.4, 0.5) is 8.78 Å². The molecule has 2 aromatic carbocycles. The van der Waals surface area contributed by atoms with Crippen molar-refractivity contribution in [2.75, 3.05) is 0 Å². The summed E-state index contributed by atoms with van der Waals surface area (Å²) in [6, 6.07) is 6.91. The van der Waals surface area contributed by atoms with Crippen LogP contribution in [0.2, 0.25) is 5.02 Å². The largest absolute Gasteiger partial charge is 0.450 e. The van der Waals surface area contributed by atoms with Crippen LogP contribution in [0.15, 0.2) is 34.8 Å². The Kier molecular flexibility index (Phi) is 4.66. The average Bonchev–Trinajstić information content (AvgIpc) is 2.35. The third-order valence-electron chi connectivity index (χ3n) is 2.32. The molecule has 0 aromatic heterocycles. The summed E-state index contributed by atoms with van der Waals surface area (Å²) in [7, 11) is 0. The lowest BCUT2D eigenvalue weighted by Crippen LogP contribution is -1.95. The van der Waals surface area contributed by atoms with Gasteiger partial charge in [0, 0.05) is 10.9 Å². The van der Waals surface area contributed by atoms with Crippen LogP contribution in [-0.4, -0.2) is 0 Å². The van der Waals surface area contributed by atoms with E-state index in [4.69, 9.17) is 27.9 Å². The number of rotatable bonds is 3. The molecule has 0 fully saturated rings. The molecule has 1 nitrogen and oxygen atoms in total. The number of hydrogen-bond acceptors (Lipinski definition) is 1. The molecule has 0 unspecified atom stereocenters. The van der Waals surface area contributed by atoms with Gasteiger partial charge in [-0.05, 0) is 51.8 Å². The first kappa shape index (κ1) is 14.6. The lowest BCUT2D eigenvalue weighted by Gasteiger charge is -2.10. The fourth-order valence-corrected chi connectivity index (χ4v) is 2.37. The van der Waals surface area contributed by atoms with E-state index in [1.165, 1.54) is 6.07 Å². The predicted molar refractivity (Wildman–Crippen MR) is 75.1 cm³/mol. The molecule has 0 amide bonds. The van der Waals surface area contributed by atoms with E-state index in [1.54, 1.807) is 12.1 Å². The first-order chi connectivity index (χ1) is 9.01. The average molecular weight is 368 g/mol. The van der Waals surface area contributed by atoms with Gasteiger partial charge >= 0.3 is 0 Å². The zero-order valence-corrected chi connectivity index (χ0v) is 12.5. The Labute approximate surface area is 127 Å². The highest BCUT2D eigenvalue weighted by Crippen LogP contribution is 2.34. The van der Waals surface area contributed by atoms with E-state index >= 15 is 0 Å². The lowest BCUT2D eigenvalue weighted by molar-refractivity contribution is 0.405. The minimum absolute atomic E-state index is 0.0265. The van der Waals surface area contributed by atoms with Gasteiger partial charge < -0.3 is 4.74 Å². The summed E-state index contributed by atoms with van der Waals surface area (Å²) in [5.74, 6) is -1.80. The summed E-state index contributed by atoms with van der Waals surface area (Å²) in [5, 5.41) is 0.484. The molecule has 100 valence electrons. The molecule has 6 heteroatoms. The van der Waals surface area contributed by atoms with Crippen LogP contribution in [0.3, 0.4) is 0 Å². The van der Waals surface area contributed by atoms with Gasteiger partial charge in [0.15, 0.2) is 17.4 Å². The second-order valence-corrected chi connectivity index (χ2v) is 5.26. The highest BCUT2D eigenvalue weighted by molar-refractivity contribution is 9.10. The molecule has 0 N–H and O–H groups in total. The molecular formula is C13H7BrCl2F2O. The zero-order valence-electron chi connectivity index (χ0n) is 9.39. The van der Waals surface area contributed by atoms with Gasteiger partial charge in [0.05, 0.1) is 4.47 Å². The van der Waals surface area contributed by atoms with Gasteiger partial charge in [0.2, 0.25) is 0 Å². The van der Waals surface area contributed by atoms with Crippen LogP contribution >= 0.6 is 39.1 Å². The molecule has 0 aliphatic heterocycles. The monoisotopic (exact) mass is 366 g/mol. The van der Waals surface area contributed by atoms with Gasteiger partial charge in [-0.3, -0.25) is 0 Å². The van der Waals surface area contributed by atoms with Gasteiger partial charge in [0.25, 0.3) is 0 Å². The Hall–Kier alpha value is -0.840. The van der Waals surface area contributed by atoms with Crippen molar-refractivity contribution in [3.63, 3.8) is 0 Å². The van der Waals surface area contributed by atoms with Crippen LogP contribution in [0.5, 0.6) is 11.5 Å². The predicted octanol–water partition coefficient (Wildman–Crippen LogP) is 5.91. The molecule has 0 heterocycles. The van der Waals surface area contributed by atoms with E-state index in [2.05, 4.69) is 15.9 Å². The summed E-state index contributed by atoms with van der Waals surface area (Å²) in [5.41, 5.74) is 0.346. The Balaban J connectivity index is 2.38. The fourth-order valence-electron chi connectivity index (χ4n) is 1.45. The molecule has 0 spiro atoms. The van der Waals surface area contributed by atoms with Crippen molar-refractivity contribution in [1.29, 1.82) is 0 Å². The Morgan fingerprint density at radius 2 is 1.74 bits per heavy atom. The molecule has 0 aliphatic rings. The quantitative estimate of drug-likeness (QED) is 0.612. The van der Waals surface area contributed by atoms with Crippen molar-refractivity contribution >= 4 is 39.1 Å². The molecule has 0 bridgehead atoms. The van der Waals surface area contributed by atoms with Crippen LogP contribution < -0.4 is 4.74 Å². The second-order valence-electron chi connectivity index (χ2n) is 3.70. The van der Waals surface area contributed by atoms with Crippen LogP contribution in [0, 0.1) is 11.6 Å². The summed E-state index contributed by atoms with van der Waals surface area (Å²) in [6.45, 7) is 0. The summed E-state index contributed by atoms with van der Waals surface area (Å²) in [6.07, 6.45) is 0. The maximum atomic E-state index is 13.7. The van der Waals surface area contributed by atoms with Crippen molar-refractivity contribution in [2.24, 2.45) is 0 Å². The molecule has 2 rings (SSSR count). The van der Waals surface area contributed by atoms with Gasteiger partial charge in [-0.25, -0.2) is 8.78 Å². The highest BCUT2D eigenvalue weighted by atomic mass is 79.9. The maximum absolute atomic E-state index is 13.7. The zero-order chi connectivity index (χ0) is 14.0. The van der Waals surface area contributed by atoms with E-state index < -0.39 is 17.4 Å². The van der Waals surface area contributed by atoms with Crippen molar-refractivity contribution in [3.05, 3.63) is 57.0 Å². The number of halogens is 5. The van der Waals surface area contributed by atoms with E-state index in [0.29, 0.717) is 15.1 Å². The molecule has 19 heavy (non-hydrogen) atoms. The number of ether oxygens (including phenoxy) is 1. The van der Waals surface area contributed by atoms with Crippen LogP contribution in [0.25, 0.3) is 0 Å². The molecule has 0 aliphatic carbocycles. The minimum atomic E-state index is -0.808. The van der Waals surface area contributed by atoms with E-state index in [1.807, 2.05) is 0 Å². The van der Waals surface area contributed by atoms with Crippen molar-refractivity contribution < 1.29 is 13.5 Å². The molecule has 0 saturated heterocycles. The third kappa shape index (κ3) is 3.38. The first-order valence-corrected chi connectivity index (χ1v) is 6.88. The smallest absolute Gasteiger partial charge is 0.198 e. The van der Waals surface area contributed by atoms with E-state index in [9.17, 15) is 8.78 Å². The van der Waals surface area contributed by atoms with E-state index in [-0.39, 0.29) is 11.6 Å². The molecular weight excluding hydrogens is 361 g/mol. The number of hydrogen-bond donors (Lipinski definition) is 0. The van der Waals surface area contributed by atoms with E-state index in [0.717, 1.165) is 12.1 Å². The van der Waals surface area contributed by atoms with Gasteiger partial charge in [-0.2, -0.15) is 0 Å². The Bertz CT molecular complexity index is 597. The lowest BCUT2D eigenvalue weighted by atomic mass is 10.2. The number of alkyl halides is 1. The summed E-state index contributed by atoms with van der Waals surface area (Å²) >= 11 is 14.5. The summed E-state index contributed by atoms with van der Waals surface area (Å²) in [4.78, 5) is 0. The SMILES string of the molecule is Fc1cc(CCl)cc(F)c1Oc1ccc(Cl)cc1Br. The Morgan fingerprint density at radius 3 is 2.26 bits per heavy atom. The molecule has 2 aromatic rings. The minimum Gasteiger partial charge on any atom is -0.450 e. The fraction of sp³-hybridized carbons (Fsp3) is 0.0769. The van der Waals surface area contributed by atoms with Gasteiger partial charge in [0.1, 0.15) is 5.75 Å². The topological polar surface area (TPSA) is 9.23 Å². The third-order valence-corrected chi connectivity index (χ3v) is 3.48. The normalized spacial score (nSPS) is 10.6. The maximum Gasteiger partial charge on any atom is 0.198 e. The van der Waals surface area contributed by atoms with Crippen molar-refractivity contribution in [2.45, 2.75) is 5.88 Å². The van der Waals surface area contributed by atoms with Gasteiger partial charge in [-0.15, -0.1) is 11.6 Å². The Morgan fingerprint density at radius 1 is 1.11 bits per heavy atom. The number of benzene rings is 2. The highest BCUT2D eigenvalue weighted by Gasteiger charge is 2.15. The summed E-state index contributed by atoms with van der Waals surface area (Å²) < 4.78 is 33.2. The second kappa shape index (κ2) is 6.07. The standard InChI is InChI=1S/C13H7BrCl2F2O/c14-9-5-8(16)1-2-12(9)19-13-10(17)3-7(6-15)4-11(13)18/h1-5H,6H2. The molecule has 0 saturated carbocycles.